The predicted molar refractivity (Wildman–Crippen MR) is 87.6 cm³/mol. The van der Waals surface area contributed by atoms with E-state index in [0.717, 1.165) is 25.7 Å². The van der Waals surface area contributed by atoms with Gasteiger partial charge in [0.25, 0.3) is 5.19 Å². The minimum absolute atomic E-state index is 0.0943. The Hall–Kier alpha value is -1.40. The summed E-state index contributed by atoms with van der Waals surface area (Å²) in [5.74, 6) is 0.298. The van der Waals surface area contributed by atoms with Crippen molar-refractivity contribution in [1.82, 2.24) is 9.88 Å². The Morgan fingerprint density at radius 1 is 1.27 bits per heavy atom. The minimum atomic E-state index is -0.264. The summed E-state index contributed by atoms with van der Waals surface area (Å²) in [4.78, 5) is 20.4. The van der Waals surface area contributed by atoms with E-state index in [1.54, 1.807) is 17.5 Å². The van der Waals surface area contributed by atoms with E-state index in [9.17, 15) is 4.79 Å². The van der Waals surface area contributed by atoms with Gasteiger partial charge < -0.3 is 9.64 Å². The molecule has 22 heavy (non-hydrogen) atoms. The average Bonchev–Trinajstić information content (AvgIpc) is 3.23. The summed E-state index contributed by atoms with van der Waals surface area (Å²) in [7, 11) is 0. The van der Waals surface area contributed by atoms with Gasteiger partial charge in [0.15, 0.2) is 0 Å². The first-order valence-corrected chi connectivity index (χ1v) is 9.43. The second-order valence-electron chi connectivity index (χ2n) is 6.01. The number of rotatable bonds is 4. The van der Waals surface area contributed by atoms with Crippen molar-refractivity contribution >= 4 is 28.6 Å². The molecule has 4 rings (SSSR count). The van der Waals surface area contributed by atoms with E-state index in [-0.39, 0.29) is 11.5 Å². The van der Waals surface area contributed by atoms with Crippen LogP contribution in [0.2, 0.25) is 0 Å². The lowest BCUT2D eigenvalue weighted by atomic mass is 9.82. The number of nitrogens with zero attached hydrogens (tertiary/aromatic N) is 2. The lowest BCUT2D eigenvalue weighted by Crippen LogP contribution is -2.60. The summed E-state index contributed by atoms with van der Waals surface area (Å²) in [6.45, 7) is 1.37. The van der Waals surface area contributed by atoms with E-state index in [0.29, 0.717) is 24.2 Å². The van der Waals surface area contributed by atoms with Crippen LogP contribution in [-0.2, 0) is 10.2 Å². The molecular formula is C16H18N2O2S2. The normalized spacial score (nSPS) is 20.8. The smallest absolute Gasteiger partial charge is 0.273 e. The summed E-state index contributed by atoms with van der Waals surface area (Å²) in [5.41, 5.74) is -0.264. The number of hydrogen-bond donors (Lipinski definition) is 0. The highest BCUT2D eigenvalue weighted by molar-refractivity contribution is 7.11. The van der Waals surface area contributed by atoms with E-state index >= 15 is 0 Å². The quantitative estimate of drug-likeness (QED) is 0.861. The maximum absolute atomic E-state index is 13.1. The van der Waals surface area contributed by atoms with Gasteiger partial charge in [-0.2, -0.15) is 0 Å². The number of thiazole rings is 1. The molecule has 2 fully saturated rings. The Morgan fingerprint density at radius 2 is 2.09 bits per heavy atom. The van der Waals surface area contributed by atoms with Crippen molar-refractivity contribution in [1.29, 1.82) is 0 Å². The van der Waals surface area contributed by atoms with Gasteiger partial charge in [-0.3, -0.25) is 4.79 Å². The number of likely N-dealkylation sites (tertiary alicyclic amines) is 1. The van der Waals surface area contributed by atoms with Crippen molar-refractivity contribution < 1.29 is 9.53 Å². The Kier molecular flexibility index (Phi) is 3.66. The molecule has 4 nitrogen and oxygen atoms in total. The third kappa shape index (κ3) is 2.34. The molecule has 1 aliphatic heterocycles. The van der Waals surface area contributed by atoms with Gasteiger partial charge in [0, 0.05) is 16.5 Å². The minimum Gasteiger partial charge on any atom is -0.463 e. The third-order valence-corrected chi connectivity index (χ3v) is 6.41. The van der Waals surface area contributed by atoms with Crippen molar-refractivity contribution in [2.75, 3.05) is 13.1 Å². The molecule has 1 aliphatic carbocycles. The molecule has 2 aromatic rings. The second kappa shape index (κ2) is 5.66. The molecule has 0 aromatic carbocycles. The molecule has 3 heterocycles. The van der Waals surface area contributed by atoms with Crippen molar-refractivity contribution in [2.45, 2.75) is 37.2 Å². The average molecular weight is 334 g/mol. The van der Waals surface area contributed by atoms with Crippen LogP contribution in [0.3, 0.4) is 0 Å². The van der Waals surface area contributed by atoms with E-state index in [1.165, 1.54) is 16.2 Å². The van der Waals surface area contributed by atoms with Crippen LogP contribution in [0.25, 0.3) is 0 Å². The number of carbonyl (C=O) groups excluding carboxylic acids is 1. The molecule has 0 unspecified atom stereocenters. The summed E-state index contributed by atoms with van der Waals surface area (Å²) in [6, 6.07) is 4.18. The van der Waals surface area contributed by atoms with Gasteiger partial charge in [0.1, 0.15) is 6.10 Å². The molecular weight excluding hydrogens is 316 g/mol. The molecule has 6 heteroatoms. The Balaban J connectivity index is 1.44. The van der Waals surface area contributed by atoms with Crippen molar-refractivity contribution in [3.8, 4) is 5.19 Å². The van der Waals surface area contributed by atoms with Crippen LogP contribution < -0.4 is 4.74 Å². The molecule has 0 spiro atoms. The van der Waals surface area contributed by atoms with Crippen molar-refractivity contribution in [2.24, 2.45) is 0 Å². The lowest BCUT2D eigenvalue weighted by Gasteiger charge is -2.43. The largest absolute Gasteiger partial charge is 0.463 e. The van der Waals surface area contributed by atoms with E-state index in [2.05, 4.69) is 22.5 Å². The fourth-order valence-corrected chi connectivity index (χ4v) is 5.02. The van der Waals surface area contributed by atoms with Gasteiger partial charge in [-0.05, 0) is 24.3 Å². The highest BCUT2D eigenvalue weighted by atomic mass is 32.1. The highest BCUT2D eigenvalue weighted by Crippen LogP contribution is 2.45. The van der Waals surface area contributed by atoms with Crippen LogP contribution in [0.5, 0.6) is 5.19 Å². The second-order valence-corrected chi connectivity index (χ2v) is 7.82. The third-order valence-electron chi connectivity index (χ3n) is 4.67. The Labute approximate surface area is 137 Å². The van der Waals surface area contributed by atoms with Crippen molar-refractivity contribution in [3.63, 3.8) is 0 Å². The first-order valence-electron chi connectivity index (χ1n) is 7.67. The van der Waals surface area contributed by atoms with Crippen LogP contribution in [0.1, 0.15) is 30.6 Å². The summed E-state index contributed by atoms with van der Waals surface area (Å²) in [5, 5.41) is 4.68. The van der Waals surface area contributed by atoms with E-state index in [1.807, 2.05) is 10.3 Å². The van der Waals surface area contributed by atoms with Crippen molar-refractivity contribution in [3.05, 3.63) is 34.0 Å². The number of aromatic nitrogens is 1. The fourth-order valence-electron chi connectivity index (χ4n) is 3.49. The summed E-state index contributed by atoms with van der Waals surface area (Å²) < 4.78 is 5.77. The van der Waals surface area contributed by atoms with Crippen LogP contribution in [0.15, 0.2) is 29.1 Å². The Bertz CT molecular complexity index is 627. The van der Waals surface area contributed by atoms with Crippen LogP contribution in [0.4, 0.5) is 0 Å². The van der Waals surface area contributed by atoms with Gasteiger partial charge in [-0.1, -0.05) is 30.2 Å². The van der Waals surface area contributed by atoms with Crippen LogP contribution >= 0.6 is 22.7 Å². The number of thiophene rings is 1. The molecule has 2 aliphatic rings. The zero-order valence-corrected chi connectivity index (χ0v) is 13.9. The van der Waals surface area contributed by atoms with Gasteiger partial charge in [0.05, 0.1) is 18.5 Å². The topological polar surface area (TPSA) is 42.4 Å². The molecule has 0 N–H and O–H groups in total. The number of ether oxygens (including phenoxy) is 1. The SMILES string of the molecule is O=C(N1CC(Oc2nccs2)C1)C1(c2cccs2)CCCC1. The van der Waals surface area contributed by atoms with E-state index in [4.69, 9.17) is 4.74 Å². The molecule has 116 valence electrons. The molecule has 1 amide bonds. The maximum atomic E-state index is 13.1. The first-order chi connectivity index (χ1) is 10.8. The molecule has 0 radical (unpaired) electrons. The number of amides is 1. The molecule has 1 saturated heterocycles. The van der Waals surface area contributed by atoms with Crippen LogP contribution in [0, 0.1) is 0 Å². The number of carbonyl (C=O) groups is 1. The molecule has 0 atom stereocenters. The standard InChI is InChI=1S/C16H18N2O2S2/c19-14(16(5-1-2-6-16)13-4-3-8-21-13)18-10-12(11-18)20-15-17-7-9-22-15/h3-4,7-9,12H,1-2,5-6,10-11H2. The predicted octanol–water partition coefficient (Wildman–Crippen LogP) is 3.31. The first kappa shape index (κ1) is 14.2. The summed E-state index contributed by atoms with van der Waals surface area (Å²) in [6.07, 6.45) is 6.11. The zero-order chi connectivity index (χ0) is 15.0. The van der Waals surface area contributed by atoms with Gasteiger partial charge in [-0.15, -0.1) is 11.3 Å². The number of hydrogen-bond acceptors (Lipinski definition) is 5. The Morgan fingerprint density at radius 3 is 2.73 bits per heavy atom. The zero-order valence-electron chi connectivity index (χ0n) is 12.2. The van der Waals surface area contributed by atoms with Gasteiger partial charge in [0.2, 0.25) is 5.91 Å². The highest BCUT2D eigenvalue weighted by Gasteiger charge is 2.48. The van der Waals surface area contributed by atoms with Gasteiger partial charge >= 0.3 is 0 Å². The monoisotopic (exact) mass is 334 g/mol. The fraction of sp³-hybridized carbons (Fsp3) is 0.500. The molecule has 0 bridgehead atoms. The molecule has 2 aromatic heterocycles. The maximum Gasteiger partial charge on any atom is 0.273 e. The molecule has 1 saturated carbocycles. The van der Waals surface area contributed by atoms with Gasteiger partial charge in [-0.25, -0.2) is 4.98 Å². The van der Waals surface area contributed by atoms with E-state index < -0.39 is 0 Å². The lowest BCUT2D eigenvalue weighted by molar-refractivity contribution is -0.146. The summed E-state index contributed by atoms with van der Waals surface area (Å²) >= 11 is 3.21. The van der Waals surface area contributed by atoms with Crippen LogP contribution in [-0.4, -0.2) is 35.0 Å².